The number of benzene rings is 1. The lowest BCUT2D eigenvalue weighted by atomic mass is 9.80. The van der Waals surface area contributed by atoms with Gasteiger partial charge in [-0.25, -0.2) is 9.97 Å². The van der Waals surface area contributed by atoms with Gasteiger partial charge in [0.1, 0.15) is 0 Å². The SMILES string of the molecule is Cc1nn(C)c(C)c1CN1CC[C@]2(COCc3cnc(NCc4ccccc4)nc32)C1. The standard InChI is InChI=1S/C24H30N6O/c1-17-21(18(2)29(3)28-17)13-30-10-9-24(15-30)16-31-14-20-12-26-23(27-22(20)24)25-11-19-7-5-4-6-8-19/h4-8,12H,9-11,13-16H2,1-3H3,(H,25,26,27)/t24-/m1/s1. The molecule has 0 unspecified atom stereocenters. The third-order valence-electron chi connectivity index (χ3n) is 6.77. The van der Waals surface area contributed by atoms with Gasteiger partial charge in [0.25, 0.3) is 0 Å². The lowest BCUT2D eigenvalue weighted by Gasteiger charge is -2.34. The molecule has 1 N–H and O–H groups in total. The van der Waals surface area contributed by atoms with Crippen molar-refractivity contribution in [3.63, 3.8) is 0 Å². The van der Waals surface area contributed by atoms with Crippen LogP contribution in [-0.4, -0.2) is 44.3 Å². The van der Waals surface area contributed by atoms with E-state index in [1.165, 1.54) is 16.8 Å². The molecule has 1 saturated heterocycles. The van der Waals surface area contributed by atoms with Crippen molar-refractivity contribution in [2.24, 2.45) is 7.05 Å². The van der Waals surface area contributed by atoms with Crippen LogP contribution in [-0.2, 0) is 36.9 Å². The van der Waals surface area contributed by atoms with Gasteiger partial charge in [-0.2, -0.15) is 5.10 Å². The van der Waals surface area contributed by atoms with Crippen LogP contribution in [0.4, 0.5) is 5.95 Å². The summed E-state index contributed by atoms with van der Waals surface area (Å²) in [6.07, 6.45) is 2.99. The van der Waals surface area contributed by atoms with Crippen LogP contribution in [0, 0.1) is 13.8 Å². The Kier molecular flexibility index (Phi) is 5.24. The van der Waals surface area contributed by atoms with Crippen LogP contribution in [0.3, 0.4) is 0 Å². The Bertz CT molecular complexity index is 1080. The van der Waals surface area contributed by atoms with Crippen molar-refractivity contribution < 1.29 is 4.74 Å². The first kappa shape index (κ1) is 20.2. The molecule has 1 spiro atoms. The molecule has 1 fully saturated rings. The van der Waals surface area contributed by atoms with Gasteiger partial charge in [0.05, 0.1) is 30.0 Å². The monoisotopic (exact) mass is 418 g/mol. The van der Waals surface area contributed by atoms with Gasteiger partial charge in [-0.1, -0.05) is 30.3 Å². The number of nitrogens with zero attached hydrogens (tertiary/aromatic N) is 5. The number of hydrogen-bond donors (Lipinski definition) is 1. The molecule has 5 rings (SSSR count). The number of ether oxygens (including phenoxy) is 1. The first-order chi connectivity index (χ1) is 15.0. The maximum atomic E-state index is 6.01. The molecule has 0 aliphatic carbocycles. The predicted octanol–water partition coefficient (Wildman–Crippen LogP) is 3.11. The Morgan fingerprint density at radius 2 is 2.03 bits per heavy atom. The van der Waals surface area contributed by atoms with Crippen LogP contribution in [0.2, 0.25) is 0 Å². The number of likely N-dealkylation sites (tertiary alicyclic amines) is 1. The summed E-state index contributed by atoms with van der Waals surface area (Å²) in [4.78, 5) is 12.1. The van der Waals surface area contributed by atoms with Crippen molar-refractivity contribution in [1.82, 2.24) is 24.6 Å². The number of aromatic nitrogens is 4. The maximum absolute atomic E-state index is 6.01. The van der Waals surface area contributed by atoms with E-state index in [4.69, 9.17) is 9.72 Å². The molecule has 0 saturated carbocycles. The van der Waals surface area contributed by atoms with E-state index in [1.807, 2.05) is 24.0 Å². The highest BCUT2D eigenvalue weighted by atomic mass is 16.5. The molecule has 0 amide bonds. The Morgan fingerprint density at radius 1 is 1.19 bits per heavy atom. The first-order valence-corrected chi connectivity index (χ1v) is 11.0. The van der Waals surface area contributed by atoms with Crippen LogP contribution < -0.4 is 5.32 Å². The van der Waals surface area contributed by atoms with E-state index in [0.717, 1.165) is 56.2 Å². The van der Waals surface area contributed by atoms with Gasteiger partial charge in [0.2, 0.25) is 5.95 Å². The molecule has 31 heavy (non-hydrogen) atoms. The molecule has 3 aromatic rings. The van der Waals surface area contributed by atoms with Gasteiger partial charge in [-0.05, 0) is 32.4 Å². The number of rotatable bonds is 5. The summed E-state index contributed by atoms with van der Waals surface area (Å²) in [6.45, 7) is 9.19. The molecule has 2 aliphatic rings. The van der Waals surface area contributed by atoms with E-state index < -0.39 is 0 Å². The highest BCUT2D eigenvalue weighted by Crippen LogP contribution is 2.40. The van der Waals surface area contributed by atoms with Crippen LogP contribution in [0.25, 0.3) is 0 Å². The summed E-state index contributed by atoms with van der Waals surface area (Å²) in [7, 11) is 2.02. The molecular formula is C24H30N6O. The van der Waals surface area contributed by atoms with E-state index in [2.05, 4.69) is 58.4 Å². The minimum Gasteiger partial charge on any atom is -0.376 e. The molecule has 7 nitrogen and oxygen atoms in total. The molecule has 0 radical (unpaired) electrons. The van der Waals surface area contributed by atoms with Crippen LogP contribution in [0.15, 0.2) is 36.5 Å². The largest absolute Gasteiger partial charge is 0.376 e. The molecule has 162 valence electrons. The number of anilines is 1. The van der Waals surface area contributed by atoms with Crippen molar-refractivity contribution in [2.75, 3.05) is 25.0 Å². The zero-order valence-electron chi connectivity index (χ0n) is 18.6. The van der Waals surface area contributed by atoms with Gasteiger partial charge in [-0.15, -0.1) is 0 Å². The molecule has 2 aromatic heterocycles. The summed E-state index contributed by atoms with van der Waals surface area (Å²) < 4.78 is 7.99. The first-order valence-electron chi connectivity index (χ1n) is 11.0. The van der Waals surface area contributed by atoms with Crippen LogP contribution in [0.5, 0.6) is 0 Å². The Labute approximate surface area is 183 Å². The number of nitrogens with one attached hydrogen (secondary N) is 1. The summed E-state index contributed by atoms with van der Waals surface area (Å²) in [5.74, 6) is 0.696. The zero-order valence-corrected chi connectivity index (χ0v) is 18.6. The minimum absolute atomic E-state index is 0.0658. The normalized spacial score (nSPS) is 20.9. The van der Waals surface area contributed by atoms with Crippen LogP contribution in [0.1, 0.15) is 40.2 Å². The predicted molar refractivity (Wildman–Crippen MR) is 120 cm³/mol. The quantitative estimate of drug-likeness (QED) is 0.687. The molecule has 0 bridgehead atoms. The molecule has 2 aliphatic heterocycles. The smallest absolute Gasteiger partial charge is 0.223 e. The summed E-state index contributed by atoms with van der Waals surface area (Å²) >= 11 is 0. The van der Waals surface area contributed by atoms with Crippen molar-refractivity contribution in [2.45, 2.75) is 45.4 Å². The molecule has 1 aromatic carbocycles. The van der Waals surface area contributed by atoms with Gasteiger partial charge in [0.15, 0.2) is 0 Å². The fourth-order valence-corrected chi connectivity index (χ4v) is 4.93. The number of fused-ring (bicyclic) bond motifs is 2. The lowest BCUT2D eigenvalue weighted by Crippen LogP contribution is -2.40. The molecule has 7 heteroatoms. The lowest BCUT2D eigenvalue weighted by molar-refractivity contribution is 0.0503. The minimum atomic E-state index is -0.0658. The number of aryl methyl sites for hydroxylation is 2. The van der Waals surface area contributed by atoms with Gasteiger partial charge in [0, 0.05) is 49.7 Å². The number of hydrogen-bond acceptors (Lipinski definition) is 6. The van der Waals surface area contributed by atoms with E-state index >= 15 is 0 Å². The highest BCUT2D eigenvalue weighted by Gasteiger charge is 2.45. The Hall–Kier alpha value is -2.77. The summed E-state index contributed by atoms with van der Waals surface area (Å²) in [5.41, 5.74) is 7.13. The third-order valence-corrected chi connectivity index (χ3v) is 6.77. The van der Waals surface area contributed by atoms with Crippen molar-refractivity contribution in [1.29, 1.82) is 0 Å². The third kappa shape index (κ3) is 3.83. The van der Waals surface area contributed by atoms with E-state index in [1.54, 1.807) is 0 Å². The second-order valence-corrected chi connectivity index (χ2v) is 8.91. The van der Waals surface area contributed by atoms with Crippen molar-refractivity contribution in [3.8, 4) is 0 Å². The van der Waals surface area contributed by atoms with Gasteiger partial charge < -0.3 is 10.1 Å². The fourth-order valence-electron chi connectivity index (χ4n) is 4.93. The molecular weight excluding hydrogens is 388 g/mol. The molecule has 4 heterocycles. The average Bonchev–Trinajstić information content (AvgIpc) is 3.29. The summed E-state index contributed by atoms with van der Waals surface area (Å²) in [5, 5.41) is 7.98. The topological polar surface area (TPSA) is 68.1 Å². The Morgan fingerprint density at radius 3 is 2.81 bits per heavy atom. The van der Waals surface area contributed by atoms with Crippen molar-refractivity contribution >= 4 is 5.95 Å². The average molecular weight is 419 g/mol. The van der Waals surface area contributed by atoms with Crippen LogP contribution >= 0.6 is 0 Å². The van der Waals surface area contributed by atoms with E-state index in [9.17, 15) is 0 Å². The van der Waals surface area contributed by atoms with Crippen molar-refractivity contribution in [3.05, 3.63) is 70.3 Å². The molecule has 1 atom stereocenters. The van der Waals surface area contributed by atoms with E-state index in [0.29, 0.717) is 12.6 Å². The summed E-state index contributed by atoms with van der Waals surface area (Å²) in [6, 6.07) is 10.4. The van der Waals surface area contributed by atoms with Gasteiger partial charge >= 0.3 is 0 Å². The second-order valence-electron chi connectivity index (χ2n) is 8.91. The zero-order chi connectivity index (χ0) is 21.4. The Balaban J connectivity index is 1.35. The van der Waals surface area contributed by atoms with E-state index in [-0.39, 0.29) is 5.41 Å². The maximum Gasteiger partial charge on any atom is 0.223 e. The fraction of sp³-hybridized carbons (Fsp3) is 0.458. The second kappa shape index (κ2) is 8.05. The highest BCUT2D eigenvalue weighted by molar-refractivity contribution is 5.37. The van der Waals surface area contributed by atoms with Gasteiger partial charge in [-0.3, -0.25) is 9.58 Å².